The van der Waals surface area contributed by atoms with E-state index >= 15 is 0 Å². The van der Waals surface area contributed by atoms with Gasteiger partial charge in [-0.05, 0) is 43.5 Å². The minimum Gasteiger partial charge on any atom is -0.481 e. The molecule has 0 spiro atoms. The Hall–Kier alpha value is -1.76. The van der Waals surface area contributed by atoms with Crippen LogP contribution in [-0.4, -0.2) is 51.7 Å². The molecule has 0 aromatic heterocycles. The summed E-state index contributed by atoms with van der Waals surface area (Å²) in [6, 6.07) is 6.72. The van der Waals surface area contributed by atoms with Crippen LogP contribution in [0.25, 0.3) is 0 Å². The van der Waals surface area contributed by atoms with E-state index in [1.54, 1.807) is 24.3 Å². The Balaban J connectivity index is 2.05. The standard InChI is InChI=1S/C16H24N2O4S/c1-4-15(16(19)18-11-5-6-12-18)22-14-9-7-13(8-10-14)17(2)23(3,20)21/h7-10,15H,4-6,11-12H2,1-3H3/t15-/m0/s1. The van der Waals surface area contributed by atoms with E-state index in [1.807, 2.05) is 11.8 Å². The summed E-state index contributed by atoms with van der Waals surface area (Å²) >= 11 is 0. The Labute approximate surface area is 138 Å². The first kappa shape index (κ1) is 17.6. The highest BCUT2D eigenvalue weighted by Crippen LogP contribution is 2.22. The number of benzene rings is 1. The fourth-order valence-electron chi connectivity index (χ4n) is 2.54. The van der Waals surface area contributed by atoms with Crippen LogP contribution in [0.1, 0.15) is 26.2 Å². The predicted molar refractivity (Wildman–Crippen MR) is 90.2 cm³/mol. The molecule has 1 heterocycles. The third-order valence-corrected chi connectivity index (χ3v) is 5.25. The topological polar surface area (TPSA) is 66.9 Å². The third kappa shape index (κ3) is 4.37. The van der Waals surface area contributed by atoms with Gasteiger partial charge in [-0.1, -0.05) is 6.92 Å². The van der Waals surface area contributed by atoms with E-state index in [4.69, 9.17) is 4.74 Å². The van der Waals surface area contributed by atoms with Crippen LogP contribution in [0, 0.1) is 0 Å². The summed E-state index contributed by atoms with van der Waals surface area (Å²) in [5, 5.41) is 0. The van der Waals surface area contributed by atoms with Crippen LogP contribution < -0.4 is 9.04 Å². The van der Waals surface area contributed by atoms with Gasteiger partial charge in [0.15, 0.2) is 6.10 Å². The Bertz CT molecular complexity index is 637. The molecule has 23 heavy (non-hydrogen) atoms. The second-order valence-corrected chi connectivity index (χ2v) is 7.79. The number of amides is 1. The summed E-state index contributed by atoms with van der Waals surface area (Å²) in [5.74, 6) is 0.595. The first-order valence-electron chi connectivity index (χ1n) is 7.82. The van der Waals surface area contributed by atoms with Gasteiger partial charge in [0.25, 0.3) is 5.91 Å². The zero-order valence-electron chi connectivity index (χ0n) is 13.9. The third-order valence-electron chi connectivity index (χ3n) is 4.04. The maximum absolute atomic E-state index is 12.4. The van der Waals surface area contributed by atoms with Gasteiger partial charge in [0.2, 0.25) is 10.0 Å². The van der Waals surface area contributed by atoms with Gasteiger partial charge in [0, 0.05) is 20.1 Å². The van der Waals surface area contributed by atoms with Gasteiger partial charge in [-0.15, -0.1) is 0 Å². The minimum absolute atomic E-state index is 0.0299. The van der Waals surface area contributed by atoms with Gasteiger partial charge in [0.05, 0.1) is 11.9 Å². The van der Waals surface area contributed by atoms with E-state index in [-0.39, 0.29) is 5.91 Å². The molecule has 7 heteroatoms. The lowest BCUT2D eigenvalue weighted by molar-refractivity contribution is -0.137. The minimum atomic E-state index is -3.29. The second kappa shape index (κ2) is 7.21. The number of carbonyl (C=O) groups excluding carboxylic acids is 1. The number of likely N-dealkylation sites (tertiary alicyclic amines) is 1. The van der Waals surface area contributed by atoms with Crippen molar-refractivity contribution in [3.63, 3.8) is 0 Å². The van der Waals surface area contributed by atoms with Crippen molar-refractivity contribution < 1.29 is 17.9 Å². The highest BCUT2D eigenvalue weighted by molar-refractivity contribution is 7.92. The molecule has 1 aromatic rings. The second-order valence-electron chi connectivity index (χ2n) is 5.77. The molecule has 1 aliphatic heterocycles. The molecule has 1 fully saturated rings. The van der Waals surface area contributed by atoms with Crippen molar-refractivity contribution in [2.45, 2.75) is 32.3 Å². The zero-order chi connectivity index (χ0) is 17.0. The fourth-order valence-corrected chi connectivity index (χ4v) is 3.04. The van der Waals surface area contributed by atoms with E-state index in [0.29, 0.717) is 17.9 Å². The van der Waals surface area contributed by atoms with Crippen LogP contribution in [0.3, 0.4) is 0 Å². The molecule has 1 aromatic carbocycles. The smallest absolute Gasteiger partial charge is 0.263 e. The Kier molecular flexibility index (Phi) is 5.51. The maximum Gasteiger partial charge on any atom is 0.263 e. The molecular formula is C16H24N2O4S. The van der Waals surface area contributed by atoms with E-state index in [1.165, 1.54) is 11.4 Å². The van der Waals surface area contributed by atoms with Crippen molar-refractivity contribution in [2.75, 3.05) is 30.7 Å². The molecule has 0 N–H and O–H groups in total. The van der Waals surface area contributed by atoms with E-state index < -0.39 is 16.1 Å². The van der Waals surface area contributed by atoms with Crippen molar-refractivity contribution in [3.8, 4) is 5.75 Å². The maximum atomic E-state index is 12.4. The van der Waals surface area contributed by atoms with Crippen LogP contribution in [-0.2, 0) is 14.8 Å². The van der Waals surface area contributed by atoms with Gasteiger partial charge in [-0.2, -0.15) is 0 Å². The number of sulfonamides is 1. The summed E-state index contributed by atoms with van der Waals surface area (Å²) in [4.78, 5) is 14.2. The predicted octanol–water partition coefficient (Wildman–Crippen LogP) is 1.86. The quantitative estimate of drug-likeness (QED) is 0.793. The average molecular weight is 340 g/mol. The molecule has 0 bridgehead atoms. The average Bonchev–Trinajstić information content (AvgIpc) is 3.05. The molecule has 128 valence electrons. The SMILES string of the molecule is CC[C@H](Oc1ccc(N(C)S(C)(=O)=O)cc1)C(=O)N1CCCC1. The van der Waals surface area contributed by atoms with Crippen molar-refractivity contribution in [3.05, 3.63) is 24.3 Å². The summed E-state index contributed by atoms with van der Waals surface area (Å²) in [6.45, 7) is 3.53. The number of nitrogens with zero attached hydrogens (tertiary/aromatic N) is 2. The van der Waals surface area contributed by atoms with Crippen LogP contribution in [0.15, 0.2) is 24.3 Å². The van der Waals surface area contributed by atoms with Crippen molar-refractivity contribution in [1.82, 2.24) is 4.90 Å². The molecule has 0 saturated carbocycles. The monoisotopic (exact) mass is 340 g/mol. The molecule has 1 saturated heterocycles. The highest BCUT2D eigenvalue weighted by Gasteiger charge is 2.26. The lowest BCUT2D eigenvalue weighted by Gasteiger charge is -2.23. The summed E-state index contributed by atoms with van der Waals surface area (Å²) in [7, 11) is -1.79. The van der Waals surface area contributed by atoms with Gasteiger partial charge in [-0.25, -0.2) is 8.42 Å². The van der Waals surface area contributed by atoms with Crippen molar-refractivity contribution in [2.24, 2.45) is 0 Å². The fraction of sp³-hybridized carbons (Fsp3) is 0.562. The molecule has 1 aliphatic rings. The largest absolute Gasteiger partial charge is 0.481 e. The number of carbonyl (C=O) groups is 1. The Morgan fingerprint density at radius 2 is 1.83 bits per heavy atom. The van der Waals surface area contributed by atoms with Crippen molar-refractivity contribution >= 4 is 21.6 Å². The lowest BCUT2D eigenvalue weighted by atomic mass is 10.2. The van der Waals surface area contributed by atoms with E-state index in [9.17, 15) is 13.2 Å². The first-order chi connectivity index (χ1) is 10.8. The van der Waals surface area contributed by atoms with Crippen molar-refractivity contribution in [1.29, 1.82) is 0 Å². The van der Waals surface area contributed by atoms with E-state index in [0.717, 1.165) is 32.2 Å². The van der Waals surface area contributed by atoms with Gasteiger partial charge >= 0.3 is 0 Å². The highest BCUT2D eigenvalue weighted by atomic mass is 32.2. The molecule has 6 nitrogen and oxygen atoms in total. The molecule has 2 rings (SSSR count). The zero-order valence-corrected chi connectivity index (χ0v) is 14.7. The van der Waals surface area contributed by atoms with Gasteiger partial charge in [0.1, 0.15) is 5.75 Å². The van der Waals surface area contributed by atoms with Crippen LogP contribution >= 0.6 is 0 Å². The Morgan fingerprint density at radius 1 is 1.26 bits per heavy atom. The van der Waals surface area contributed by atoms with E-state index in [2.05, 4.69) is 0 Å². The number of ether oxygens (including phenoxy) is 1. The van der Waals surface area contributed by atoms with Gasteiger partial charge in [-0.3, -0.25) is 9.10 Å². The number of rotatable bonds is 6. The normalized spacial score (nSPS) is 16.2. The van der Waals surface area contributed by atoms with Crippen LogP contribution in [0.2, 0.25) is 0 Å². The number of hydrogen-bond acceptors (Lipinski definition) is 4. The summed E-state index contributed by atoms with van der Waals surface area (Å²) in [5.41, 5.74) is 0.554. The summed E-state index contributed by atoms with van der Waals surface area (Å²) in [6.07, 6.45) is 3.36. The van der Waals surface area contributed by atoms with Crippen LogP contribution in [0.5, 0.6) is 5.75 Å². The molecule has 0 radical (unpaired) electrons. The molecule has 1 atom stereocenters. The molecule has 0 aliphatic carbocycles. The summed E-state index contributed by atoms with van der Waals surface area (Å²) < 4.78 is 30.0. The number of hydrogen-bond donors (Lipinski definition) is 0. The molecular weight excluding hydrogens is 316 g/mol. The van der Waals surface area contributed by atoms with Crippen LogP contribution in [0.4, 0.5) is 5.69 Å². The molecule has 1 amide bonds. The lowest BCUT2D eigenvalue weighted by Crippen LogP contribution is -2.40. The number of anilines is 1. The molecule has 0 unspecified atom stereocenters. The first-order valence-corrected chi connectivity index (χ1v) is 9.67. The Morgan fingerprint density at radius 3 is 2.30 bits per heavy atom. The van der Waals surface area contributed by atoms with Gasteiger partial charge < -0.3 is 9.64 Å².